The van der Waals surface area contributed by atoms with Gasteiger partial charge in [-0.15, -0.1) is 0 Å². The second-order valence-corrected chi connectivity index (χ2v) is 4.79. The Kier molecular flexibility index (Phi) is 4.37. The average molecular weight is 287 g/mol. The number of hydrogen-bond donors (Lipinski definition) is 3. The molecule has 0 fully saturated rings. The number of amides is 1. The van der Waals surface area contributed by atoms with Crippen LogP contribution >= 0.6 is 0 Å². The van der Waals surface area contributed by atoms with Gasteiger partial charge in [-0.1, -0.05) is 25.1 Å². The number of fused-ring (bicyclic) bond motifs is 1. The fourth-order valence-electron chi connectivity index (χ4n) is 2.09. The molecule has 1 amide bonds. The molecule has 0 saturated heterocycles. The molecule has 1 heterocycles. The van der Waals surface area contributed by atoms with Gasteiger partial charge in [0, 0.05) is 17.1 Å². The van der Waals surface area contributed by atoms with Crippen LogP contribution in [0.3, 0.4) is 0 Å². The molecule has 0 aliphatic rings. The number of anilines is 1. The van der Waals surface area contributed by atoms with Crippen molar-refractivity contribution in [1.82, 2.24) is 10.3 Å². The molecular weight excluding hydrogens is 270 g/mol. The maximum atomic E-state index is 12.2. The maximum Gasteiger partial charge on any atom is 0.305 e. The van der Waals surface area contributed by atoms with E-state index in [0.717, 1.165) is 5.39 Å². The van der Waals surface area contributed by atoms with Crippen LogP contribution in [0.25, 0.3) is 10.9 Å². The standard InChI is InChI=1S/C15H17N3O3/c1-2-9(7-14(19)20)17-15(21)13-8-11(16)10-5-3-4-6-12(10)18-13/h3-6,8-9H,2,7H2,1H3,(H2,16,18)(H,17,21)(H,19,20). The first-order valence-electron chi connectivity index (χ1n) is 6.69. The topological polar surface area (TPSA) is 105 Å². The van der Waals surface area contributed by atoms with Crippen LogP contribution in [0.15, 0.2) is 30.3 Å². The monoisotopic (exact) mass is 287 g/mol. The van der Waals surface area contributed by atoms with Crippen molar-refractivity contribution in [1.29, 1.82) is 0 Å². The van der Waals surface area contributed by atoms with Crippen LogP contribution in [-0.4, -0.2) is 28.0 Å². The summed E-state index contributed by atoms with van der Waals surface area (Å²) < 4.78 is 0. The van der Waals surface area contributed by atoms with Crippen LogP contribution in [0.4, 0.5) is 5.69 Å². The van der Waals surface area contributed by atoms with Crippen LogP contribution in [0.5, 0.6) is 0 Å². The third-order valence-electron chi connectivity index (χ3n) is 3.23. The smallest absolute Gasteiger partial charge is 0.305 e. The highest BCUT2D eigenvalue weighted by atomic mass is 16.4. The van der Waals surface area contributed by atoms with Crippen LogP contribution < -0.4 is 11.1 Å². The van der Waals surface area contributed by atoms with Gasteiger partial charge in [0.15, 0.2) is 0 Å². The number of benzene rings is 1. The van der Waals surface area contributed by atoms with E-state index in [9.17, 15) is 9.59 Å². The summed E-state index contributed by atoms with van der Waals surface area (Å²) in [6, 6.07) is 8.35. The Balaban J connectivity index is 2.25. The molecule has 0 saturated carbocycles. The number of nitrogens with zero attached hydrogens (tertiary/aromatic N) is 1. The van der Waals surface area contributed by atoms with Gasteiger partial charge in [-0.3, -0.25) is 9.59 Å². The Hall–Kier alpha value is -2.63. The number of nitrogens with two attached hydrogens (primary N) is 1. The van der Waals surface area contributed by atoms with E-state index >= 15 is 0 Å². The van der Waals surface area contributed by atoms with E-state index in [2.05, 4.69) is 10.3 Å². The van der Waals surface area contributed by atoms with E-state index in [1.54, 1.807) is 6.07 Å². The summed E-state index contributed by atoms with van der Waals surface area (Å²) in [6.45, 7) is 1.82. The van der Waals surface area contributed by atoms with Gasteiger partial charge in [-0.25, -0.2) is 4.98 Å². The van der Waals surface area contributed by atoms with E-state index in [1.165, 1.54) is 6.07 Å². The molecule has 0 radical (unpaired) electrons. The van der Waals surface area contributed by atoms with Crippen molar-refractivity contribution in [2.45, 2.75) is 25.8 Å². The summed E-state index contributed by atoms with van der Waals surface area (Å²) >= 11 is 0. The summed E-state index contributed by atoms with van der Waals surface area (Å²) in [5.41, 5.74) is 7.22. The van der Waals surface area contributed by atoms with Gasteiger partial charge in [0.2, 0.25) is 0 Å². The Morgan fingerprint density at radius 3 is 2.76 bits per heavy atom. The molecule has 0 aliphatic carbocycles. The zero-order valence-electron chi connectivity index (χ0n) is 11.7. The van der Waals surface area contributed by atoms with E-state index < -0.39 is 17.9 Å². The number of aromatic nitrogens is 1. The molecule has 110 valence electrons. The van der Waals surface area contributed by atoms with Gasteiger partial charge in [-0.2, -0.15) is 0 Å². The largest absolute Gasteiger partial charge is 0.481 e. The zero-order chi connectivity index (χ0) is 15.4. The van der Waals surface area contributed by atoms with Gasteiger partial charge < -0.3 is 16.2 Å². The number of para-hydroxylation sites is 1. The lowest BCUT2D eigenvalue weighted by Gasteiger charge is -2.15. The molecule has 0 bridgehead atoms. The SMILES string of the molecule is CCC(CC(=O)O)NC(=O)c1cc(N)c2ccccc2n1. The third-order valence-corrected chi connectivity index (χ3v) is 3.23. The first-order valence-corrected chi connectivity index (χ1v) is 6.69. The normalized spacial score (nSPS) is 12.0. The number of carbonyl (C=O) groups is 2. The van der Waals surface area contributed by atoms with Gasteiger partial charge in [0.25, 0.3) is 5.91 Å². The zero-order valence-corrected chi connectivity index (χ0v) is 11.7. The predicted molar refractivity (Wildman–Crippen MR) is 80.0 cm³/mol. The minimum Gasteiger partial charge on any atom is -0.481 e. The number of nitrogen functional groups attached to an aromatic ring is 1. The van der Waals surface area contributed by atoms with Crippen LogP contribution in [-0.2, 0) is 4.79 Å². The fourth-order valence-corrected chi connectivity index (χ4v) is 2.09. The number of carboxylic acids is 1. The molecule has 2 aromatic rings. The minimum atomic E-state index is -0.951. The minimum absolute atomic E-state index is 0.120. The van der Waals surface area contributed by atoms with Crippen molar-refractivity contribution in [2.75, 3.05) is 5.73 Å². The summed E-state index contributed by atoms with van der Waals surface area (Å²) in [5, 5.41) is 12.2. The van der Waals surface area contributed by atoms with Crippen molar-refractivity contribution in [2.24, 2.45) is 0 Å². The Morgan fingerprint density at radius 1 is 1.38 bits per heavy atom. The number of carboxylic acid groups (broad SMARTS) is 1. The van der Waals surface area contributed by atoms with Gasteiger partial charge in [-0.05, 0) is 18.6 Å². The second kappa shape index (κ2) is 6.21. The summed E-state index contributed by atoms with van der Waals surface area (Å²) in [6.07, 6.45) is 0.409. The molecule has 0 aliphatic heterocycles. The average Bonchev–Trinajstić information content (AvgIpc) is 2.46. The van der Waals surface area contributed by atoms with Crippen LogP contribution in [0.2, 0.25) is 0 Å². The Bertz CT molecular complexity index is 685. The van der Waals surface area contributed by atoms with Crippen molar-refractivity contribution in [3.63, 3.8) is 0 Å². The molecule has 1 aromatic heterocycles. The molecule has 21 heavy (non-hydrogen) atoms. The summed E-state index contributed by atoms with van der Waals surface area (Å²) in [4.78, 5) is 27.2. The highest BCUT2D eigenvalue weighted by molar-refractivity contribution is 5.99. The van der Waals surface area contributed by atoms with Crippen molar-refractivity contribution in [3.8, 4) is 0 Å². The molecule has 0 spiro atoms. The second-order valence-electron chi connectivity index (χ2n) is 4.79. The van der Waals surface area contributed by atoms with E-state index in [0.29, 0.717) is 17.6 Å². The predicted octanol–water partition coefficient (Wildman–Crippen LogP) is 1.80. The number of pyridine rings is 1. The van der Waals surface area contributed by atoms with Crippen molar-refractivity contribution in [3.05, 3.63) is 36.0 Å². The highest BCUT2D eigenvalue weighted by Gasteiger charge is 2.17. The molecular formula is C15H17N3O3. The Morgan fingerprint density at radius 2 is 2.10 bits per heavy atom. The maximum absolute atomic E-state index is 12.2. The van der Waals surface area contributed by atoms with Gasteiger partial charge in [0.05, 0.1) is 11.9 Å². The number of nitrogens with one attached hydrogen (secondary N) is 1. The molecule has 4 N–H and O–H groups in total. The first kappa shape index (κ1) is 14.8. The quantitative estimate of drug-likeness (QED) is 0.777. The van der Waals surface area contributed by atoms with Gasteiger partial charge >= 0.3 is 5.97 Å². The van der Waals surface area contributed by atoms with Crippen molar-refractivity contribution < 1.29 is 14.7 Å². The fraction of sp³-hybridized carbons (Fsp3) is 0.267. The summed E-state index contributed by atoms with van der Waals surface area (Å²) in [5.74, 6) is -1.37. The van der Waals surface area contributed by atoms with E-state index in [4.69, 9.17) is 10.8 Å². The lowest BCUT2D eigenvalue weighted by atomic mass is 10.1. The molecule has 1 unspecified atom stereocenters. The van der Waals surface area contributed by atoms with Crippen molar-refractivity contribution >= 4 is 28.5 Å². The first-order chi connectivity index (χ1) is 10.0. The van der Waals surface area contributed by atoms with Gasteiger partial charge in [0.1, 0.15) is 5.69 Å². The van der Waals surface area contributed by atoms with Crippen LogP contribution in [0.1, 0.15) is 30.3 Å². The number of hydrogen-bond acceptors (Lipinski definition) is 4. The highest BCUT2D eigenvalue weighted by Crippen LogP contribution is 2.20. The number of carbonyl (C=O) groups excluding carboxylic acids is 1. The number of aliphatic carboxylic acids is 1. The van der Waals surface area contributed by atoms with E-state index in [1.807, 2.05) is 25.1 Å². The number of rotatable bonds is 5. The molecule has 6 heteroatoms. The third kappa shape index (κ3) is 3.47. The lowest BCUT2D eigenvalue weighted by Crippen LogP contribution is -2.36. The lowest BCUT2D eigenvalue weighted by molar-refractivity contribution is -0.137. The van der Waals surface area contributed by atoms with Crippen LogP contribution in [0, 0.1) is 0 Å². The van der Waals surface area contributed by atoms with E-state index in [-0.39, 0.29) is 12.1 Å². The molecule has 1 aromatic carbocycles. The molecule has 1 atom stereocenters. The Labute approximate surface area is 122 Å². The molecule has 2 rings (SSSR count). The molecule has 6 nitrogen and oxygen atoms in total. The summed E-state index contributed by atoms with van der Waals surface area (Å²) in [7, 11) is 0.